The Morgan fingerprint density at radius 1 is 0.946 bits per heavy atom. The van der Waals surface area contributed by atoms with Crippen LogP contribution < -0.4 is 15.0 Å². The highest BCUT2D eigenvalue weighted by atomic mass is 32.1. The van der Waals surface area contributed by atoms with Crippen molar-refractivity contribution in [2.24, 2.45) is 0 Å². The number of rotatable bonds is 6. The SMILES string of the molecule is COc1ccc(N2C(=O)/C(=C/c3cc(C)n(-c4cc(C(=O)O)cc(C(=O)O)c4)c3C)C(=O)NC2=S)cc1. The average Bonchev–Trinajstić information content (AvgIpc) is 3.14. The second kappa shape index (κ2) is 9.70. The molecular formula is C26H21N3O7S. The van der Waals surface area contributed by atoms with E-state index in [-0.39, 0.29) is 21.8 Å². The van der Waals surface area contributed by atoms with Crippen LogP contribution in [0.25, 0.3) is 11.8 Å². The van der Waals surface area contributed by atoms with Crippen LogP contribution in [-0.4, -0.2) is 50.8 Å². The monoisotopic (exact) mass is 519 g/mol. The molecule has 1 aromatic heterocycles. The molecule has 2 aromatic carbocycles. The Kier molecular flexibility index (Phi) is 6.64. The number of aryl methyl sites for hydroxylation is 1. The number of benzene rings is 2. The number of amides is 2. The van der Waals surface area contributed by atoms with Gasteiger partial charge in [-0.15, -0.1) is 0 Å². The number of carbonyl (C=O) groups excluding carboxylic acids is 2. The summed E-state index contributed by atoms with van der Waals surface area (Å²) >= 11 is 5.24. The van der Waals surface area contributed by atoms with Crippen molar-refractivity contribution in [3.63, 3.8) is 0 Å². The summed E-state index contributed by atoms with van der Waals surface area (Å²) in [6.45, 7) is 3.45. The first-order valence-electron chi connectivity index (χ1n) is 10.9. The number of carbonyl (C=O) groups is 4. The van der Waals surface area contributed by atoms with Crippen LogP contribution in [0.5, 0.6) is 5.75 Å². The number of thiocarbonyl (C=S) groups is 1. The minimum atomic E-state index is -1.27. The van der Waals surface area contributed by atoms with Gasteiger partial charge in [0.05, 0.1) is 23.9 Å². The molecule has 37 heavy (non-hydrogen) atoms. The second-order valence-corrected chi connectivity index (χ2v) is 8.58. The summed E-state index contributed by atoms with van der Waals surface area (Å²) in [5.41, 5.74) is 1.94. The summed E-state index contributed by atoms with van der Waals surface area (Å²) in [6.07, 6.45) is 1.42. The number of carboxylic acids is 2. The molecule has 0 aliphatic carbocycles. The fourth-order valence-corrected chi connectivity index (χ4v) is 4.38. The third kappa shape index (κ3) is 4.71. The lowest BCUT2D eigenvalue weighted by atomic mass is 10.1. The number of hydrogen-bond donors (Lipinski definition) is 3. The molecule has 0 atom stereocenters. The Hall–Kier alpha value is -4.77. The van der Waals surface area contributed by atoms with Crippen molar-refractivity contribution < 1.29 is 34.1 Å². The quantitative estimate of drug-likeness (QED) is 0.256. The lowest BCUT2D eigenvalue weighted by molar-refractivity contribution is -0.122. The van der Waals surface area contributed by atoms with Gasteiger partial charge in [-0.05, 0) is 86.2 Å². The maximum atomic E-state index is 13.4. The van der Waals surface area contributed by atoms with Crippen molar-refractivity contribution >= 4 is 52.8 Å². The van der Waals surface area contributed by atoms with Crippen molar-refractivity contribution in [2.75, 3.05) is 12.0 Å². The molecule has 0 bridgehead atoms. The van der Waals surface area contributed by atoms with Gasteiger partial charge in [0, 0.05) is 17.1 Å². The average molecular weight is 520 g/mol. The topological polar surface area (TPSA) is 138 Å². The van der Waals surface area contributed by atoms with E-state index in [9.17, 15) is 29.4 Å². The molecule has 1 aliphatic heterocycles. The van der Waals surface area contributed by atoms with E-state index in [0.29, 0.717) is 34.1 Å². The molecule has 1 fully saturated rings. The zero-order valence-electron chi connectivity index (χ0n) is 19.9. The summed E-state index contributed by atoms with van der Waals surface area (Å²) in [7, 11) is 1.52. The van der Waals surface area contributed by atoms with Crippen LogP contribution in [0.1, 0.15) is 37.7 Å². The maximum absolute atomic E-state index is 13.4. The zero-order valence-corrected chi connectivity index (χ0v) is 20.8. The standard InChI is InChI=1S/C26H21N3O7S/c1-13-8-15(14(2)28(13)19-10-16(24(32)33)9-17(11-19)25(34)35)12-21-22(30)27-26(37)29(23(21)31)18-4-6-20(36-3)7-5-18/h4-12H,1-3H3,(H,32,33)(H,34,35)(H,27,30,37)/b21-12+. The number of methoxy groups -OCH3 is 1. The first-order valence-corrected chi connectivity index (χ1v) is 11.3. The third-order valence-corrected chi connectivity index (χ3v) is 6.16. The molecule has 1 aliphatic rings. The van der Waals surface area contributed by atoms with Crippen LogP contribution >= 0.6 is 12.2 Å². The maximum Gasteiger partial charge on any atom is 0.335 e. The number of ether oxygens (including phenoxy) is 1. The molecule has 188 valence electrons. The van der Waals surface area contributed by atoms with Gasteiger partial charge < -0.3 is 19.5 Å². The highest BCUT2D eigenvalue weighted by molar-refractivity contribution is 7.80. The number of hydrogen-bond acceptors (Lipinski definition) is 6. The molecule has 11 heteroatoms. The Bertz CT molecular complexity index is 1490. The van der Waals surface area contributed by atoms with Crippen molar-refractivity contribution in [1.29, 1.82) is 0 Å². The van der Waals surface area contributed by atoms with Crippen molar-refractivity contribution in [3.05, 3.63) is 82.2 Å². The van der Waals surface area contributed by atoms with Gasteiger partial charge in [0.1, 0.15) is 11.3 Å². The molecule has 0 radical (unpaired) electrons. The van der Waals surface area contributed by atoms with Crippen molar-refractivity contribution in [1.82, 2.24) is 9.88 Å². The van der Waals surface area contributed by atoms with Gasteiger partial charge in [0.2, 0.25) is 0 Å². The summed E-state index contributed by atoms with van der Waals surface area (Å²) in [4.78, 5) is 50.4. The van der Waals surface area contributed by atoms with Crippen LogP contribution in [0.3, 0.4) is 0 Å². The lowest BCUT2D eigenvalue weighted by Gasteiger charge is -2.29. The number of aromatic carboxylic acids is 2. The molecule has 2 amide bonds. The van der Waals surface area contributed by atoms with Gasteiger partial charge in [-0.3, -0.25) is 19.8 Å². The molecule has 0 unspecified atom stereocenters. The van der Waals surface area contributed by atoms with Crippen molar-refractivity contribution in [2.45, 2.75) is 13.8 Å². The fraction of sp³-hybridized carbons (Fsp3) is 0.115. The van der Waals surface area contributed by atoms with Gasteiger partial charge in [-0.2, -0.15) is 0 Å². The van der Waals surface area contributed by atoms with Crippen molar-refractivity contribution in [3.8, 4) is 11.4 Å². The fourth-order valence-electron chi connectivity index (χ4n) is 4.10. The highest BCUT2D eigenvalue weighted by Crippen LogP contribution is 2.28. The Morgan fingerprint density at radius 3 is 2.08 bits per heavy atom. The predicted molar refractivity (Wildman–Crippen MR) is 138 cm³/mol. The minimum Gasteiger partial charge on any atom is -0.497 e. The van der Waals surface area contributed by atoms with Crippen LogP contribution in [0.15, 0.2) is 54.1 Å². The Morgan fingerprint density at radius 2 is 1.54 bits per heavy atom. The Balaban J connectivity index is 1.78. The highest BCUT2D eigenvalue weighted by Gasteiger charge is 2.34. The predicted octanol–water partition coefficient (Wildman–Crippen LogP) is 3.33. The van der Waals surface area contributed by atoms with Gasteiger partial charge in [0.15, 0.2) is 5.11 Å². The number of nitrogens with zero attached hydrogens (tertiary/aromatic N) is 2. The van der Waals surface area contributed by atoms with Crippen LogP contribution in [0.2, 0.25) is 0 Å². The van der Waals surface area contributed by atoms with Crippen LogP contribution in [0, 0.1) is 13.8 Å². The molecule has 10 nitrogen and oxygen atoms in total. The first-order chi connectivity index (χ1) is 17.5. The first kappa shape index (κ1) is 25.3. The number of carboxylic acid groups (broad SMARTS) is 2. The molecule has 4 rings (SSSR count). The smallest absolute Gasteiger partial charge is 0.335 e. The molecule has 2 heterocycles. The molecule has 0 saturated carbocycles. The van der Waals surface area contributed by atoms with Crippen LogP contribution in [-0.2, 0) is 9.59 Å². The van der Waals surface area contributed by atoms with E-state index in [1.165, 1.54) is 30.2 Å². The van der Waals surface area contributed by atoms with E-state index in [0.717, 1.165) is 6.07 Å². The lowest BCUT2D eigenvalue weighted by Crippen LogP contribution is -2.54. The van der Waals surface area contributed by atoms with E-state index in [1.54, 1.807) is 48.7 Å². The number of aromatic nitrogens is 1. The van der Waals surface area contributed by atoms with E-state index < -0.39 is 23.8 Å². The molecule has 1 saturated heterocycles. The van der Waals surface area contributed by atoms with Gasteiger partial charge in [-0.25, -0.2) is 9.59 Å². The number of anilines is 1. The summed E-state index contributed by atoms with van der Waals surface area (Å²) in [6, 6.07) is 12.1. The molecule has 3 aromatic rings. The zero-order chi connectivity index (χ0) is 27.0. The van der Waals surface area contributed by atoms with E-state index in [4.69, 9.17) is 17.0 Å². The number of nitrogens with one attached hydrogen (secondary N) is 1. The largest absolute Gasteiger partial charge is 0.497 e. The summed E-state index contributed by atoms with van der Waals surface area (Å²) in [5, 5.41) is 21.3. The third-order valence-electron chi connectivity index (χ3n) is 5.87. The van der Waals surface area contributed by atoms with E-state index >= 15 is 0 Å². The van der Waals surface area contributed by atoms with Gasteiger partial charge in [-0.1, -0.05) is 0 Å². The molecule has 3 N–H and O–H groups in total. The molecule has 0 spiro atoms. The molecular weight excluding hydrogens is 498 g/mol. The second-order valence-electron chi connectivity index (χ2n) is 8.20. The van der Waals surface area contributed by atoms with Crippen LogP contribution in [0.4, 0.5) is 5.69 Å². The van der Waals surface area contributed by atoms with Gasteiger partial charge in [0.25, 0.3) is 11.8 Å². The summed E-state index contributed by atoms with van der Waals surface area (Å²) < 4.78 is 6.80. The summed E-state index contributed by atoms with van der Waals surface area (Å²) in [5.74, 6) is -3.24. The van der Waals surface area contributed by atoms with E-state index in [1.807, 2.05) is 0 Å². The normalized spacial score (nSPS) is 14.6. The van der Waals surface area contributed by atoms with Gasteiger partial charge >= 0.3 is 11.9 Å². The minimum absolute atomic E-state index is 0.0607. The Labute approximate surface area is 216 Å². The van der Waals surface area contributed by atoms with E-state index in [2.05, 4.69) is 5.32 Å².